The Kier molecular flexibility index (Phi) is 5.26. The normalized spacial score (nSPS) is 14.8. The standard InChI is InChI=1S/C22H20F3NO3/c1-13(2)10-17-16(8-5-9-18(17)22(23,24)25)19(27)26-21(20(28)29)11-14-6-3-4-7-15(14)12-21/h3-10H,11-12H2,1-2H3,(H,26,27)(H,28,29). The molecule has 0 radical (unpaired) electrons. The summed E-state index contributed by atoms with van der Waals surface area (Å²) in [6.45, 7) is 3.25. The van der Waals surface area contributed by atoms with E-state index in [9.17, 15) is 27.9 Å². The van der Waals surface area contributed by atoms with E-state index in [4.69, 9.17) is 0 Å². The Hall–Kier alpha value is -3.09. The number of carbonyl (C=O) groups is 2. The fraction of sp³-hybridized carbons (Fsp3) is 0.273. The zero-order chi connectivity index (χ0) is 21.4. The zero-order valence-corrected chi connectivity index (χ0v) is 15.9. The molecule has 0 spiro atoms. The third-order valence-corrected chi connectivity index (χ3v) is 4.95. The molecule has 2 aromatic rings. The van der Waals surface area contributed by atoms with Gasteiger partial charge in [-0.15, -0.1) is 0 Å². The van der Waals surface area contributed by atoms with Gasteiger partial charge in [0.15, 0.2) is 0 Å². The number of allylic oxidation sites excluding steroid dienone is 1. The van der Waals surface area contributed by atoms with Gasteiger partial charge >= 0.3 is 12.1 Å². The number of rotatable bonds is 4. The van der Waals surface area contributed by atoms with E-state index in [-0.39, 0.29) is 24.0 Å². The first-order chi connectivity index (χ1) is 13.5. The van der Waals surface area contributed by atoms with Gasteiger partial charge in [0.1, 0.15) is 5.54 Å². The summed E-state index contributed by atoms with van der Waals surface area (Å²) in [5.41, 5.74) is -0.849. The highest BCUT2D eigenvalue weighted by Crippen LogP contribution is 2.35. The van der Waals surface area contributed by atoms with E-state index in [1.165, 1.54) is 12.1 Å². The highest BCUT2D eigenvalue weighted by atomic mass is 19.4. The predicted octanol–water partition coefficient (Wildman–Crippen LogP) is 4.48. The lowest BCUT2D eigenvalue weighted by molar-refractivity contribution is -0.144. The van der Waals surface area contributed by atoms with E-state index in [0.717, 1.165) is 23.3 Å². The molecule has 152 valence electrons. The lowest BCUT2D eigenvalue weighted by Crippen LogP contribution is -2.55. The summed E-state index contributed by atoms with van der Waals surface area (Å²) in [4.78, 5) is 25.0. The molecule has 3 rings (SSSR count). The van der Waals surface area contributed by atoms with Crippen molar-refractivity contribution in [2.24, 2.45) is 0 Å². The van der Waals surface area contributed by atoms with Crippen LogP contribution in [0.25, 0.3) is 6.08 Å². The summed E-state index contributed by atoms with van der Waals surface area (Å²) in [7, 11) is 0. The molecule has 7 heteroatoms. The van der Waals surface area contributed by atoms with Gasteiger partial charge in [0.25, 0.3) is 5.91 Å². The van der Waals surface area contributed by atoms with Gasteiger partial charge in [-0.2, -0.15) is 13.2 Å². The van der Waals surface area contributed by atoms with E-state index >= 15 is 0 Å². The maximum absolute atomic E-state index is 13.5. The van der Waals surface area contributed by atoms with Crippen molar-refractivity contribution >= 4 is 18.0 Å². The van der Waals surface area contributed by atoms with Crippen molar-refractivity contribution < 1.29 is 27.9 Å². The van der Waals surface area contributed by atoms with Crippen molar-refractivity contribution in [2.45, 2.75) is 38.4 Å². The monoisotopic (exact) mass is 403 g/mol. The van der Waals surface area contributed by atoms with Gasteiger partial charge in [-0.1, -0.05) is 42.0 Å². The third-order valence-electron chi connectivity index (χ3n) is 4.95. The van der Waals surface area contributed by atoms with Crippen molar-refractivity contribution in [3.63, 3.8) is 0 Å². The number of carbonyl (C=O) groups excluding carboxylic acids is 1. The number of hydrogen-bond acceptors (Lipinski definition) is 2. The van der Waals surface area contributed by atoms with Gasteiger partial charge in [-0.05, 0) is 42.7 Å². The molecule has 2 N–H and O–H groups in total. The van der Waals surface area contributed by atoms with Gasteiger partial charge in [0.2, 0.25) is 0 Å². The number of fused-ring (bicyclic) bond motifs is 1. The van der Waals surface area contributed by atoms with Crippen LogP contribution < -0.4 is 5.32 Å². The average molecular weight is 403 g/mol. The van der Waals surface area contributed by atoms with Gasteiger partial charge in [0.05, 0.1) is 5.56 Å². The van der Waals surface area contributed by atoms with Gasteiger partial charge in [0, 0.05) is 18.4 Å². The average Bonchev–Trinajstić information content (AvgIpc) is 2.99. The molecule has 0 atom stereocenters. The smallest absolute Gasteiger partial charge is 0.417 e. The predicted molar refractivity (Wildman–Crippen MR) is 102 cm³/mol. The second kappa shape index (κ2) is 7.39. The van der Waals surface area contributed by atoms with Gasteiger partial charge < -0.3 is 10.4 Å². The van der Waals surface area contributed by atoms with Gasteiger partial charge in [-0.3, -0.25) is 4.79 Å². The Morgan fingerprint density at radius 1 is 1.03 bits per heavy atom. The molecule has 4 nitrogen and oxygen atoms in total. The van der Waals surface area contributed by atoms with Crippen LogP contribution in [-0.4, -0.2) is 22.5 Å². The number of amides is 1. The molecule has 0 saturated heterocycles. The van der Waals surface area contributed by atoms with Crippen LogP contribution in [0.4, 0.5) is 13.2 Å². The molecule has 0 fully saturated rings. The number of benzene rings is 2. The van der Waals surface area contributed by atoms with Gasteiger partial charge in [-0.25, -0.2) is 4.79 Å². The number of halogens is 3. The van der Waals surface area contributed by atoms with Crippen LogP contribution >= 0.6 is 0 Å². The van der Waals surface area contributed by atoms with Crippen LogP contribution in [0.3, 0.4) is 0 Å². The molecule has 1 amide bonds. The molecule has 0 bridgehead atoms. The molecule has 1 aliphatic carbocycles. The number of nitrogens with one attached hydrogen (secondary N) is 1. The highest BCUT2D eigenvalue weighted by molar-refractivity contribution is 6.01. The van der Waals surface area contributed by atoms with E-state index < -0.39 is 29.2 Å². The van der Waals surface area contributed by atoms with Crippen molar-refractivity contribution in [3.05, 3.63) is 75.9 Å². The number of carboxylic acids is 1. The SMILES string of the molecule is CC(C)=Cc1c(C(=O)NC2(C(=O)O)Cc3ccccc3C2)cccc1C(F)(F)F. The molecule has 0 heterocycles. The molecule has 0 unspecified atom stereocenters. The first kappa shape index (κ1) is 20.6. The second-order valence-corrected chi connectivity index (χ2v) is 7.45. The lowest BCUT2D eigenvalue weighted by atomic mass is 9.93. The Morgan fingerprint density at radius 3 is 2.10 bits per heavy atom. The Balaban J connectivity index is 2.03. The summed E-state index contributed by atoms with van der Waals surface area (Å²) in [6.07, 6.45) is -3.22. The summed E-state index contributed by atoms with van der Waals surface area (Å²) < 4.78 is 40.4. The van der Waals surface area contributed by atoms with Crippen LogP contribution in [0.5, 0.6) is 0 Å². The Morgan fingerprint density at radius 2 is 1.62 bits per heavy atom. The van der Waals surface area contributed by atoms with Crippen molar-refractivity contribution in [2.75, 3.05) is 0 Å². The van der Waals surface area contributed by atoms with Crippen molar-refractivity contribution in [1.29, 1.82) is 0 Å². The van der Waals surface area contributed by atoms with E-state index in [1.54, 1.807) is 38.1 Å². The molecular formula is C22H20F3NO3. The number of carboxylic acid groups (broad SMARTS) is 1. The van der Waals surface area contributed by atoms with E-state index in [2.05, 4.69) is 5.32 Å². The minimum absolute atomic E-state index is 0.0706. The first-order valence-electron chi connectivity index (χ1n) is 9.01. The molecule has 2 aromatic carbocycles. The highest BCUT2D eigenvalue weighted by Gasteiger charge is 2.46. The van der Waals surface area contributed by atoms with E-state index in [0.29, 0.717) is 5.57 Å². The van der Waals surface area contributed by atoms with Crippen LogP contribution in [0.2, 0.25) is 0 Å². The Bertz CT molecular complexity index is 980. The minimum atomic E-state index is -4.65. The fourth-order valence-electron chi connectivity index (χ4n) is 3.65. The van der Waals surface area contributed by atoms with Crippen LogP contribution in [-0.2, 0) is 23.8 Å². The van der Waals surface area contributed by atoms with Crippen molar-refractivity contribution in [3.8, 4) is 0 Å². The minimum Gasteiger partial charge on any atom is -0.479 e. The topological polar surface area (TPSA) is 66.4 Å². The first-order valence-corrected chi connectivity index (χ1v) is 9.01. The van der Waals surface area contributed by atoms with Crippen LogP contribution in [0.1, 0.15) is 46.5 Å². The quantitative estimate of drug-likeness (QED) is 0.791. The second-order valence-electron chi connectivity index (χ2n) is 7.45. The summed E-state index contributed by atoms with van der Waals surface area (Å²) in [6, 6.07) is 10.4. The number of aliphatic carboxylic acids is 1. The lowest BCUT2D eigenvalue weighted by Gasteiger charge is -2.26. The molecule has 0 aromatic heterocycles. The maximum atomic E-state index is 13.5. The van der Waals surface area contributed by atoms with Crippen LogP contribution in [0.15, 0.2) is 48.0 Å². The third kappa shape index (κ3) is 4.04. The van der Waals surface area contributed by atoms with Crippen LogP contribution in [0, 0.1) is 0 Å². The summed E-state index contributed by atoms with van der Waals surface area (Å²) in [5.74, 6) is -2.07. The van der Waals surface area contributed by atoms with E-state index in [1.807, 2.05) is 0 Å². The summed E-state index contributed by atoms with van der Waals surface area (Å²) in [5, 5.41) is 12.3. The molecule has 0 aliphatic heterocycles. The Labute approximate surface area is 166 Å². The molecule has 0 saturated carbocycles. The molecule has 29 heavy (non-hydrogen) atoms. The zero-order valence-electron chi connectivity index (χ0n) is 15.9. The largest absolute Gasteiger partial charge is 0.479 e. The molecular weight excluding hydrogens is 383 g/mol. The summed E-state index contributed by atoms with van der Waals surface area (Å²) >= 11 is 0. The molecule has 1 aliphatic rings. The maximum Gasteiger partial charge on any atom is 0.417 e. The van der Waals surface area contributed by atoms with Crippen molar-refractivity contribution in [1.82, 2.24) is 5.32 Å². The number of alkyl halides is 3. The number of hydrogen-bond donors (Lipinski definition) is 2. The fourth-order valence-corrected chi connectivity index (χ4v) is 3.65.